The zero-order valence-corrected chi connectivity index (χ0v) is 13.2. The molecule has 2 aromatic carbocycles. The van der Waals surface area contributed by atoms with E-state index in [-0.39, 0.29) is 0 Å². The average Bonchev–Trinajstić information content (AvgIpc) is 2.50. The van der Waals surface area contributed by atoms with E-state index in [0.29, 0.717) is 16.6 Å². The molecule has 0 heterocycles. The van der Waals surface area contributed by atoms with Gasteiger partial charge in [0.25, 0.3) is 0 Å². The molecule has 21 heavy (non-hydrogen) atoms. The van der Waals surface area contributed by atoms with E-state index in [0.717, 1.165) is 22.8 Å². The second-order valence-corrected chi connectivity index (χ2v) is 6.50. The molecule has 0 aliphatic rings. The van der Waals surface area contributed by atoms with E-state index >= 15 is 0 Å². The van der Waals surface area contributed by atoms with Gasteiger partial charge in [-0.3, -0.25) is 0 Å². The van der Waals surface area contributed by atoms with Crippen molar-refractivity contribution in [2.45, 2.75) is 25.5 Å². The van der Waals surface area contributed by atoms with Crippen LogP contribution in [0.5, 0.6) is 0 Å². The summed E-state index contributed by atoms with van der Waals surface area (Å²) in [7, 11) is 0. The molecular formula is C18H20O2S. The van der Waals surface area contributed by atoms with Gasteiger partial charge in [-0.2, -0.15) is 11.8 Å². The van der Waals surface area contributed by atoms with Gasteiger partial charge < -0.3 is 5.11 Å². The maximum absolute atomic E-state index is 11.5. The lowest BCUT2D eigenvalue weighted by Crippen LogP contribution is -2.06. The summed E-state index contributed by atoms with van der Waals surface area (Å²) in [5, 5.41) is 12.1. The summed E-state index contributed by atoms with van der Waals surface area (Å²) in [6.45, 7) is 4.24. The number of fused-ring (bicyclic) bond motifs is 1. The van der Waals surface area contributed by atoms with Crippen LogP contribution in [0.1, 0.15) is 25.8 Å². The van der Waals surface area contributed by atoms with Crippen LogP contribution in [0.3, 0.4) is 0 Å². The highest BCUT2D eigenvalue weighted by Crippen LogP contribution is 2.23. The minimum Gasteiger partial charge on any atom is -0.478 e. The van der Waals surface area contributed by atoms with Crippen molar-refractivity contribution in [3.05, 3.63) is 53.6 Å². The minimum atomic E-state index is -0.835. The fraction of sp³-hybridized carbons (Fsp3) is 0.278. The first-order valence-electron chi connectivity index (χ1n) is 7.15. The van der Waals surface area contributed by atoms with Gasteiger partial charge in [0.15, 0.2) is 0 Å². The van der Waals surface area contributed by atoms with Crippen LogP contribution in [0.25, 0.3) is 16.8 Å². The van der Waals surface area contributed by atoms with Crippen molar-refractivity contribution in [2.24, 2.45) is 0 Å². The molecule has 0 aliphatic carbocycles. The SMILES string of the molecule is CCC(C)SC/C(=C/c1cccc2ccccc12)C(=O)O. The number of hydrogen-bond donors (Lipinski definition) is 1. The van der Waals surface area contributed by atoms with Crippen LogP contribution in [-0.4, -0.2) is 22.1 Å². The van der Waals surface area contributed by atoms with Gasteiger partial charge in [-0.1, -0.05) is 56.3 Å². The van der Waals surface area contributed by atoms with Crippen molar-refractivity contribution in [2.75, 3.05) is 5.75 Å². The Kier molecular flexibility index (Phi) is 5.45. The van der Waals surface area contributed by atoms with Crippen LogP contribution in [0, 0.1) is 0 Å². The Labute approximate surface area is 129 Å². The highest BCUT2D eigenvalue weighted by atomic mass is 32.2. The van der Waals surface area contributed by atoms with E-state index in [2.05, 4.69) is 13.8 Å². The number of hydrogen-bond acceptors (Lipinski definition) is 2. The van der Waals surface area contributed by atoms with E-state index in [4.69, 9.17) is 0 Å². The van der Waals surface area contributed by atoms with E-state index in [1.165, 1.54) is 0 Å². The van der Waals surface area contributed by atoms with Crippen LogP contribution in [0.4, 0.5) is 0 Å². The lowest BCUT2D eigenvalue weighted by Gasteiger charge is -2.09. The van der Waals surface area contributed by atoms with Crippen LogP contribution in [0.2, 0.25) is 0 Å². The lowest BCUT2D eigenvalue weighted by atomic mass is 10.0. The molecule has 0 aliphatic heterocycles. The van der Waals surface area contributed by atoms with Crippen molar-refractivity contribution >= 4 is 34.6 Å². The number of aliphatic carboxylic acids is 1. The van der Waals surface area contributed by atoms with Crippen molar-refractivity contribution in [3.8, 4) is 0 Å². The third kappa shape index (κ3) is 4.11. The van der Waals surface area contributed by atoms with Gasteiger partial charge in [-0.05, 0) is 28.8 Å². The molecule has 0 amide bonds. The molecule has 2 rings (SSSR count). The fourth-order valence-corrected chi connectivity index (χ4v) is 2.99. The summed E-state index contributed by atoms with van der Waals surface area (Å²) in [5.74, 6) is -0.299. The first-order valence-corrected chi connectivity index (χ1v) is 8.20. The predicted molar refractivity (Wildman–Crippen MR) is 91.8 cm³/mol. The summed E-state index contributed by atoms with van der Waals surface area (Å²) in [6.07, 6.45) is 2.85. The molecule has 0 spiro atoms. The monoisotopic (exact) mass is 300 g/mol. The largest absolute Gasteiger partial charge is 0.478 e. The average molecular weight is 300 g/mol. The number of carboxylic acids is 1. The zero-order chi connectivity index (χ0) is 15.2. The normalized spacial score (nSPS) is 13.3. The second kappa shape index (κ2) is 7.32. The lowest BCUT2D eigenvalue weighted by molar-refractivity contribution is -0.132. The maximum atomic E-state index is 11.5. The van der Waals surface area contributed by atoms with Crippen molar-refractivity contribution in [3.63, 3.8) is 0 Å². The quantitative estimate of drug-likeness (QED) is 0.776. The summed E-state index contributed by atoms with van der Waals surface area (Å²) in [6, 6.07) is 14.0. The third-order valence-corrected chi connectivity index (χ3v) is 4.91. The first-order chi connectivity index (χ1) is 10.1. The Hall–Kier alpha value is -1.74. The molecule has 0 saturated heterocycles. The van der Waals surface area contributed by atoms with Crippen LogP contribution in [0.15, 0.2) is 48.0 Å². The van der Waals surface area contributed by atoms with Crippen LogP contribution >= 0.6 is 11.8 Å². The summed E-state index contributed by atoms with van der Waals surface area (Å²) < 4.78 is 0. The standard InChI is InChI=1S/C18H20O2S/c1-3-13(2)21-12-16(18(19)20)11-15-9-6-8-14-7-4-5-10-17(14)15/h4-11,13H,3,12H2,1-2H3,(H,19,20)/b16-11-. The molecule has 1 N–H and O–H groups in total. The molecule has 2 aromatic rings. The molecular weight excluding hydrogens is 280 g/mol. The summed E-state index contributed by atoms with van der Waals surface area (Å²) in [4.78, 5) is 11.5. The third-order valence-electron chi connectivity index (χ3n) is 3.53. The Bertz CT molecular complexity index is 656. The van der Waals surface area contributed by atoms with E-state index in [1.54, 1.807) is 17.8 Å². The molecule has 110 valence electrons. The maximum Gasteiger partial charge on any atom is 0.332 e. The molecule has 0 saturated carbocycles. The molecule has 0 aromatic heterocycles. The highest BCUT2D eigenvalue weighted by Gasteiger charge is 2.10. The van der Waals surface area contributed by atoms with Gasteiger partial charge in [0.2, 0.25) is 0 Å². The smallest absolute Gasteiger partial charge is 0.332 e. The van der Waals surface area contributed by atoms with Gasteiger partial charge in [0.1, 0.15) is 0 Å². The minimum absolute atomic E-state index is 0.455. The molecule has 1 atom stereocenters. The number of thioether (sulfide) groups is 1. The highest BCUT2D eigenvalue weighted by molar-refractivity contribution is 8.00. The van der Waals surface area contributed by atoms with E-state index in [1.807, 2.05) is 42.5 Å². The van der Waals surface area contributed by atoms with Gasteiger partial charge >= 0.3 is 5.97 Å². The summed E-state index contributed by atoms with van der Waals surface area (Å²) in [5.41, 5.74) is 1.42. The van der Waals surface area contributed by atoms with Crippen molar-refractivity contribution in [1.82, 2.24) is 0 Å². The van der Waals surface area contributed by atoms with Gasteiger partial charge in [0.05, 0.1) is 0 Å². The first kappa shape index (κ1) is 15.6. The second-order valence-electron chi connectivity index (χ2n) is 5.07. The van der Waals surface area contributed by atoms with Crippen LogP contribution < -0.4 is 0 Å². The Balaban J connectivity index is 2.34. The number of rotatable bonds is 6. The molecule has 1 unspecified atom stereocenters. The van der Waals surface area contributed by atoms with Crippen LogP contribution in [-0.2, 0) is 4.79 Å². The number of carboxylic acid groups (broad SMARTS) is 1. The number of carbonyl (C=O) groups is 1. The molecule has 2 nitrogen and oxygen atoms in total. The fourth-order valence-electron chi connectivity index (χ4n) is 2.08. The van der Waals surface area contributed by atoms with E-state index < -0.39 is 5.97 Å². The van der Waals surface area contributed by atoms with Gasteiger partial charge in [-0.25, -0.2) is 4.79 Å². The Morgan fingerprint density at radius 3 is 2.67 bits per heavy atom. The summed E-state index contributed by atoms with van der Waals surface area (Å²) >= 11 is 1.69. The predicted octanol–water partition coefficient (Wildman–Crippen LogP) is 4.84. The Morgan fingerprint density at radius 1 is 1.24 bits per heavy atom. The molecule has 0 radical (unpaired) electrons. The Morgan fingerprint density at radius 2 is 1.95 bits per heavy atom. The topological polar surface area (TPSA) is 37.3 Å². The van der Waals surface area contributed by atoms with Gasteiger partial charge in [0, 0.05) is 16.6 Å². The molecule has 0 bridgehead atoms. The van der Waals surface area contributed by atoms with Crippen molar-refractivity contribution < 1.29 is 9.90 Å². The zero-order valence-electron chi connectivity index (χ0n) is 12.4. The molecule has 0 fully saturated rings. The number of benzene rings is 2. The van der Waals surface area contributed by atoms with E-state index in [9.17, 15) is 9.90 Å². The van der Waals surface area contributed by atoms with Gasteiger partial charge in [-0.15, -0.1) is 0 Å². The molecule has 3 heteroatoms. The van der Waals surface area contributed by atoms with Crippen molar-refractivity contribution in [1.29, 1.82) is 0 Å².